The van der Waals surface area contributed by atoms with E-state index in [1.807, 2.05) is 13.0 Å². The molecule has 0 heterocycles. The van der Waals surface area contributed by atoms with Gasteiger partial charge in [-0.2, -0.15) is 0 Å². The molecule has 18 heavy (non-hydrogen) atoms. The van der Waals surface area contributed by atoms with Crippen LogP contribution >= 0.6 is 0 Å². The Morgan fingerprint density at radius 1 is 1.28 bits per heavy atom. The van der Waals surface area contributed by atoms with Gasteiger partial charge in [0, 0.05) is 0 Å². The van der Waals surface area contributed by atoms with Gasteiger partial charge in [0.1, 0.15) is 0 Å². The van der Waals surface area contributed by atoms with Crippen molar-refractivity contribution in [1.82, 2.24) is 0 Å². The molecule has 0 nitrogen and oxygen atoms in total. The first-order chi connectivity index (χ1) is 8.27. The van der Waals surface area contributed by atoms with Crippen LogP contribution in [0, 0.1) is 17.3 Å². The minimum Gasteiger partial charge on any atom is -0.100 e. The Morgan fingerprint density at radius 3 is 2.17 bits per heavy atom. The van der Waals surface area contributed by atoms with Crippen molar-refractivity contribution in [3.05, 3.63) is 48.6 Å². The molecule has 1 atom stereocenters. The van der Waals surface area contributed by atoms with E-state index in [1.54, 1.807) is 0 Å². The third-order valence-electron chi connectivity index (χ3n) is 4.06. The van der Waals surface area contributed by atoms with E-state index in [4.69, 9.17) is 0 Å². The quantitative estimate of drug-likeness (QED) is 0.385. The van der Waals surface area contributed by atoms with E-state index in [-0.39, 0.29) is 5.41 Å². The summed E-state index contributed by atoms with van der Waals surface area (Å²) in [5, 5.41) is 0. The summed E-state index contributed by atoms with van der Waals surface area (Å²) in [6.07, 6.45) is 9.37. The summed E-state index contributed by atoms with van der Waals surface area (Å²) >= 11 is 0. The molecule has 0 fully saturated rings. The van der Waals surface area contributed by atoms with Crippen molar-refractivity contribution in [2.24, 2.45) is 17.3 Å². The van der Waals surface area contributed by atoms with Crippen molar-refractivity contribution in [3.63, 3.8) is 0 Å². The molecule has 0 amide bonds. The first-order valence-corrected chi connectivity index (χ1v) is 6.87. The fourth-order valence-electron chi connectivity index (χ4n) is 2.10. The molecular formula is C18H30. The van der Waals surface area contributed by atoms with Crippen molar-refractivity contribution in [3.8, 4) is 0 Å². The Balaban J connectivity index is 5.46. The maximum Gasteiger partial charge on any atom is -0.00714 e. The van der Waals surface area contributed by atoms with E-state index in [1.165, 1.54) is 11.1 Å². The van der Waals surface area contributed by atoms with Crippen molar-refractivity contribution in [2.45, 2.75) is 48.0 Å². The second kappa shape index (κ2) is 7.41. The normalized spacial score (nSPS) is 15.2. The third kappa shape index (κ3) is 4.68. The SMILES string of the molecule is C=C/C(=C\C=C/C)C(CC(=C)C)C(C)(C)C(C)C. The smallest absolute Gasteiger partial charge is 0.00714 e. The third-order valence-corrected chi connectivity index (χ3v) is 4.06. The molecule has 0 aromatic carbocycles. The van der Waals surface area contributed by atoms with E-state index in [0.717, 1.165) is 6.42 Å². The molecule has 1 unspecified atom stereocenters. The van der Waals surface area contributed by atoms with Crippen LogP contribution < -0.4 is 0 Å². The average molecular weight is 246 g/mol. The summed E-state index contributed by atoms with van der Waals surface area (Å²) in [6.45, 7) is 21.5. The van der Waals surface area contributed by atoms with Crippen LogP contribution in [0.4, 0.5) is 0 Å². The van der Waals surface area contributed by atoms with Gasteiger partial charge in [-0.15, -0.1) is 6.58 Å². The Morgan fingerprint density at radius 2 is 1.83 bits per heavy atom. The van der Waals surface area contributed by atoms with Gasteiger partial charge >= 0.3 is 0 Å². The van der Waals surface area contributed by atoms with E-state index in [0.29, 0.717) is 11.8 Å². The Bertz CT molecular complexity index is 337. The molecule has 0 heteroatoms. The van der Waals surface area contributed by atoms with E-state index in [9.17, 15) is 0 Å². The van der Waals surface area contributed by atoms with Crippen LogP contribution in [0.15, 0.2) is 48.6 Å². The number of rotatable bonds is 7. The molecule has 0 aliphatic carbocycles. The van der Waals surface area contributed by atoms with Gasteiger partial charge in [0.05, 0.1) is 0 Å². The predicted octanol–water partition coefficient (Wildman–Crippen LogP) is 5.94. The fraction of sp³-hybridized carbons (Fsp3) is 0.556. The van der Waals surface area contributed by atoms with E-state index in [2.05, 4.69) is 66.0 Å². The van der Waals surface area contributed by atoms with Gasteiger partial charge in [-0.05, 0) is 43.1 Å². The molecule has 0 saturated heterocycles. The van der Waals surface area contributed by atoms with Gasteiger partial charge in [0.15, 0.2) is 0 Å². The first kappa shape index (κ1) is 17.0. The van der Waals surface area contributed by atoms with Gasteiger partial charge in [0.2, 0.25) is 0 Å². The summed E-state index contributed by atoms with van der Waals surface area (Å²) in [7, 11) is 0. The highest BCUT2D eigenvalue weighted by molar-refractivity contribution is 5.28. The van der Waals surface area contributed by atoms with Gasteiger partial charge in [-0.25, -0.2) is 0 Å². The molecule has 0 aliphatic heterocycles. The van der Waals surface area contributed by atoms with Crippen LogP contribution in [0.25, 0.3) is 0 Å². The Labute approximate surface area is 114 Å². The second-order valence-electron chi connectivity index (χ2n) is 6.09. The van der Waals surface area contributed by atoms with Crippen LogP contribution in [0.1, 0.15) is 48.0 Å². The van der Waals surface area contributed by atoms with Crippen molar-refractivity contribution >= 4 is 0 Å². The molecule has 0 bridgehead atoms. The van der Waals surface area contributed by atoms with Gasteiger partial charge in [0.25, 0.3) is 0 Å². The average Bonchev–Trinajstić information content (AvgIpc) is 2.27. The molecule has 102 valence electrons. The zero-order valence-corrected chi connectivity index (χ0v) is 13.1. The maximum atomic E-state index is 4.09. The number of hydrogen-bond acceptors (Lipinski definition) is 0. The molecule has 0 rings (SSSR count). The Hall–Kier alpha value is -1.04. The van der Waals surface area contributed by atoms with Crippen LogP contribution in [0.2, 0.25) is 0 Å². The van der Waals surface area contributed by atoms with Crippen LogP contribution in [0.5, 0.6) is 0 Å². The molecule has 0 spiro atoms. The lowest BCUT2D eigenvalue weighted by Gasteiger charge is -2.39. The molecule has 0 aliphatic rings. The zero-order chi connectivity index (χ0) is 14.3. The van der Waals surface area contributed by atoms with Gasteiger partial charge in [-0.1, -0.05) is 64.2 Å². The summed E-state index contributed by atoms with van der Waals surface area (Å²) in [5.41, 5.74) is 2.79. The highest BCUT2D eigenvalue weighted by Gasteiger charge is 2.33. The highest BCUT2D eigenvalue weighted by Crippen LogP contribution is 2.42. The fourth-order valence-corrected chi connectivity index (χ4v) is 2.10. The van der Waals surface area contributed by atoms with E-state index < -0.39 is 0 Å². The molecule has 0 radical (unpaired) electrons. The second-order valence-corrected chi connectivity index (χ2v) is 6.09. The number of allylic oxidation sites excluding steroid dienone is 6. The van der Waals surface area contributed by atoms with Crippen LogP contribution in [0.3, 0.4) is 0 Å². The van der Waals surface area contributed by atoms with Crippen molar-refractivity contribution in [2.75, 3.05) is 0 Å². The summed E-state index contributed by atoms with van der Waals surface area (Å²) in [5.74, 6) is 1.10. The summed E-state index contributed by atoms with van der Waals surface area (Å²) < 4.78 is 0. The lowest BCUT2D eigenvalue weighted by atomic mass is 9.65. The first-order valence-electron chi connectivity index (χ1n) is 6.87. The van der Waals surface area contributed by atoms with E-state index >= 15 is 0 Å². The minimum atomic E-state index is 0.237. The molecule has 0 saturated carbocycles. The highest BCUT2D eigenvalue weighted by atomic mass is 14.4. The number of hydrogen-bond donors (Lipinski definition) is 0. The van der Waals surface area contributed by atoms with Gasteiger partial charge in [-0.3, -0.25) is 0 Å². The topological polar surface area (TPSA) is 0 Å². The predicted molar refractivity (Wildman–Crippen MR) is 84.6 cm³/mol. The Kier molecular flexibility index (Phi) is 6.98. The monoisotopic (exact) mass is 246 g/mol. The standard InChI is InChI=1S/C18H30/c1-9-11-12-16(10-2)17(13-14(3)4)18(7,8)15(5)6/h9-12,15,17H,2-3,13H2,1,4-8H3/b11-9-,16-12+. The molecule has 0 aromatic heterocycles. The lowest BCUT2D eigenvalue weighted by Crippen LogP contribution is -2.31. The summed E-state index contributed by atoms with van der Waals surface area (Å²) in [6, 6.07) is 0. The van der Waals surface area contributed by atoms with Gasteiger partial charge < -0.3 is 0 Å². The van der Waals surface area contributed by atoms with Crippen molar-refractivity contribution in [1.29, 1.82) is 0 Å². The maximum absolute atomic E-state index is 4.09. The molecule has 0 N–H and O–H groups in total. The minimum absolute atomic E-state index is 0.237. The molecule has 0 aromatic rings. The van der Waals surface area contributed by atoms with Crippen LogP contribution in [-0.2, 0) is 0 Å². The van der Waals surface area contributed by atoms with Crippen LogP contribution in [-0.4, -0.2) is 0 Å². The molecular weight excluding hydrogens is 216 g/mol. The lowest BCUT2D eigenvalue weighted by molar-refractivity contribution is 0.165. The summed E-state index contributed by atoms with van der Waals surface area (Å²) in [4.78, 5) is 0. The zero-order valence-electron chi connectivity index (χ0n) is 13.1. The van der Waals surface area contributed by atoms with Crippen molar-refractivity contribution < 1.29 is 0 Å². The largest absolute Gasteiger partial charge is 0.100 e.